The minimum atomic E-state index is -0.380. The van der Waals surface area contributed by atoms with Crippen molar-refractivity contribution in [3.8, 4) is 0 Å². The summed E-state index contributed by atoms with van der Waals surface area (Å²) >= 11 is 0. The van der Waals surface area contributed by atoms with Gasteiger partial charge in [0.1, 0.15) is 0 Å². The maximum atomic E-state index is 11.9. The molecule has 1 rings (SSSR count). The summed E-state index contributed by atoms with van der Waals surface area (Å²) in [6.45, 7) is 9.61. The van der Waals surface area contributed by atoms with Crippen LogP contribution in [0.2, 0.25) is 0 Å². The van der Waals surface area contributed by atoms with E-state index >= 15 is 0 Å². The Morgan fingerprint density at radius 3 is 2.42 bits per heavy atom. The summed E-state index contributed by atoms with van der Waals surface area (Å²) in [5.74, 6) is 0.227. The minimum absolute atomic E-state index is 0.0113. The van der Waals surface area contributed by atoms with Gasteiger partial charge < -0.3 is 16.0 Å². The number of carbonyl (C=O) groups is 2. The van der Waals surface area contributed by atoms with E-state index in [0.717, 1.165) is 19.4 Å². The lowest BCUT2D eigenvalue weighted by atomic mass is 9.92. The molecule has 110 valence electrons. The largest absolute Gasteiger partial charge is 0.354 e. The van der Waals surface area contributed by atoms with Crippen LogP contribution in [-0.2, 0) is 9.59 Å². The Hall–Kier alpha value is -1.10. The first-order valence-electron chi connectivity index (χ1n) is 7.10. The van der Waals surface area contributed by atoms with Crippen LogP contribution in [0.5, 0.6) is 0 Å². The van der Waals surface area contributed by atoms with Crippen LogP contribution in [-0.4, -0.2) is 37.5 Å². The lowest BCUT2D eigenvalue weighted by Gasteiger charge is -2.27. The zero-order chi connectivity index (χ0) is 14.5. The number of piperidine rings is 1. The summed E-state index contributed by atoms with van der Waals surface area (Å²) in [5, 5.41) is 9.05. The Kier molecular flexibility index (Phi) is 5.79. The van der Waals surface area contributed by atoms with Gasteiger partial charge in [0.05, 0.1) is 0 Å². The Morgan fingerprint density at radius 2 is 1.84 bits per heavy atom. The highest BCUT2D eigenvalue weighted by molar-refractivity contribution is 5.81. The molecule has 1 saturated heterocycles. The van der Waals surface area contributed by atoms with Crippen molar-refractivity contribution >= 4 is 11.8 Å². The Morgan fingerprint density at radius 1 is 1.21 bits per heavy atom. The molecule has 0 aromatic rings. The van der Waals surface area contributed by atoms with Crippen molar-refractivity contribution in [2.24, 2.45) is 11.3 Å². The molecule has 1 aliphatic rings. The van der Waals surface area contributed by atoms with Gasteiger partial charge in [0.2, 0.25) is 11.8 Å². The van der Waals surface area contributed by atoms with Gasteiger partial charge in [0.15, 0.2) is 0 Å². The molecule has 0 spiro atoms. The van der Waals surface area contributed by atoms with E-state index in [1.165, 1.54) is 0 Å². The van der Waals surface area contributed by atoms with Crippen molar-refractivity contribution < 1.29 is 9.59 Å². The second kappa shape index (κ2) is 6.89. The van der Waals surface area contributed by atoms with Gasteiger partial charge in [-0.2, -0.15) is 0 Å². The molecule has 0 aliphatic carbocycles. The summed E-state index contributed by atoms with van der Waals surface area (Å²) in [4.78, 5) is 23.6. The van der Waals surface area contributed by atoms with E-state index < -0.39 is 0 Å². The van der Waals surface area contributed by atoms with E-state index in [1.54, 1.807) is 0 Å². The van der Waals surface area contributed by atoms with E-state index in [0.29, 0.717) is 19.1 Å². The van der Waals surface area contributed by atoms with Gasteiger partial charge in [0, 0.05) is 30.5 Å². The third-order valence-electron chi connectivity index (χ3n) is 3.39. The third-order valence-corrected chi connectivity index (χ3v) is 3.39. The standard InChI is InChI=1S/C14H27N3O2/c1-10-9-11(5-6-15-10)12(18)16-7-8-17-13(19)14(2,3)4/h10-11,15H,5-9H2,1-4H3,(H,16,18)(H,17,19)/t10-,11-/m0/s1. The van der Waals surface area contributed by atoms with Gasteiger partial charge in [-0.25, -0.2) is 0 Å². The van der Waals surface area contributed by atoms with Crippen LogP contribution in [0.3, 0.4) is 0 Å². The van der Waals surface area contributed by atoms with Crippen LogP contribution >= 0.6 is 0 Å². The first kappa shape index (κ1) is 16.0. The molecule has 0 bridgehead atoms. The molecular formula is C14H27N3O2. The highest BCUT2D eigenvalue weighted by Gasteiger charge is 2.24. The third kappa shape index (κ3) is 5.59. The number of hydrogen-bond acceptors (Lipinski definition) is 3. The molecule has 5 nitrogen and oxygen atoms in total. The fourth-order valence-corrected chi connectivity index (χ4v) is 2.14. The van der Waals surface area contributed by atoms with Gasteiger partial charge in [-0.3, -0.25) is 9.59 Å². The maximum absolute atomic E-state index is 11.9. The number of rotatable bonds is 4. The monoisotopic (exact) mass is 269 g/mol. The van der Waals surface area contributed by atoms with Crippen LogP contribution in [0.1, 0.15) is 40.5 Å². The predicted molar refractivity (Wildman–Crippen MR) is 75.7 cm³/mol. The quantitative estimate of drug-likeness (QED) is 0.656. The number of nitrogens with one attached hydrogen (secondary N) is 3. The molecule has 19 heavy (non-hydrogen) atoms. The zero-order valence-electron chi connectivity index (χ0n) is 12.5. The van der Waals surface area contributed by atoms with Gasteiger partial charge in [-0.15, -0.1) is 0 Å². The highest BCUT2D eigenvalue weighted by Crippen LogP contribution is 2.15. The molecular weight excluding hydrogens is 242 g/mol. The molecule has 2 amide bonds. The fourth-order valence-electron chi connectivity index (χ4n) is 2.14. The summed E-state index contributed by atoms with van der Waals surface area (Å²) in [6.07, 6.45) is 1.78. The lowest BCUT2D eigenvalue weighted by Crippen LogP contribution is -2.44. The molecule has 1 aliphatic heterocycles. The summed E-state index contributed by atoms with van der Waals surface area (Å²) < 4.78 is 0. The summed E-state index contributed by atoms with van der Waals surface area (Å²) in [6, 6.07) is 0.407. The first-order valence-corrected chi connectivity index (χ1v) is 7.10. The predicted octanol–water partition coefficient (Wildman–Crippen LogP) is 0.653. The molecule has 5 heteroatoms. The maximum Gasteiger partial charge on any atom is 0.225 e. The van der Waals surface area contributed by atoms with Crippen molar-refractivity contribution in [3.63, 3.8) is 0 Å². The molecule has 0 aromatic carbocycles. The van der Waals surface area contributed by atoms with Gasteiger partial charge in [0.25, 0.3) is 0 Å². The molecule has 2 atom stereocenters. The van der Waals surface area contributed by atoms with Crippen molar-refractivity contribution in [3.05, 3.63) is 0 Å². The Bertz CT molecular complexity index is 323. The Balaban J connectivity index is 2.19. The molecule has 3 N–H and O–H groups in total. The SMILES string of the molecule is C[C@H]1C[C@@H](C(=O)NCCNC(=O)C(C)(C)C)CCN1. The van der Waals surface area contributed by atoms with E-state index in [1.807, 2.05) is 20.8 Å². The van der Waals surface area contributed by atoms with Crippen molar-refractivity contribution in [2.75, 3.05) is 19.6 Å². The van der Waals surface area contributed by atoms with E-state index in [9.17, 15) is 9.59 Å². The van der Waals surface area contributed by atoms with Gasteiger partial charge in [-0.05, 0) is 26.3 Å². The number of hydrogen-bond donors (Lipinski definition) is 3. The van der Waals surface area contributed by atoms with Crippen molar-refractivity contribution in [2.45, 2.75) is 46.6 Å². The lowest BCUT2D eigenvalue weighted by molar-refractivity contribution is -0.129. The average Bonchev–Trinajstić information content (AvgIpc) is 2.32. The first-order chi connectivity index (χ1) is 8.80. The fraction of sp³-hybridized carbons (Fsp3) is 0.857. The van der Waals surface area contributed by atoms with Gasteiger partial charge >= 0.3 is 0 Å². The van der Waals surface area contributed by atoms with Gasteiger partial charge in [-0.1, -0.05) is 20.8 Å². The average molecular weight is 269 g/mol. The highest BCUT2D eigenvalue weighted by atomic mass is 16.2. The molecule has 0 saturated carbocycles. The summed E-state index contributed by atoms with van der Waals surface area (Å²) in [5.41, 5.74) is -0.380. The van der Waals surface area contributed by atoms with Crippen molar-refractivity contribution in [1.29, 1.82) is 0 Å². The van der Waals surface area contributed by atoms with E-state index in [4.69, 9.17) is 0 Å². The van der Waals surface area contributed by atoms with E-state index in [-0.39, 0.29) is 23.1 Å². The Labute approximate surface area is 115 Å². The second-order valence-corrected chi connectivity index (χ2v) is 6.37. The van der Waals surface area contributed by atoms with Crippen LogP contribution in [0, 0.1) is 11.3 Å². The van der Waals surface area contributed by atoms with Crippen LogP contribution in [0.15, 0.2) is 0 Å². The topological polar surface area (TPSA) is 70.2 Å². The smallest absolute Gasteiger partial charge is 0.225 e. The van der Waals surface area contributed by atoms with Crippen LogP contribution in [0.25, 0.3) is 0 Å². The molecule has 0 radical (unpaired) electrons. The summed E-state index contributed by atoms with van der Waals surface area (Å²) in [7, 11) is 0. The molecule has 0 aromatic heterocycles. The van der Waals surface area contributed by atoms with Crippen molar-refractivity contribution in [1.82, 2.24) is 16.0 Å². The number of amides is 2. The van der Waals surface area contributed by atoms with Crippen LogP contribution < -0.4 is 16.0 Å². The second-order valence-electron chi connectivity index (χ2n) is 6.37. The zero-order valence-corrected chi connectivity index (χ0v) is 12.5. The molecule has 1 fully saturated rings. The molecule has 0 unspecified atom stereocenters. The van der Waals surface area contributed by atoms with E-state index in [2.05, 4.69) is 22.9 Å². The van der Waals surface area contributed by atoms with Crippen LogP contribution in [0.4, 0.5) is 0 Å². The number of carbonyl (C=O) groups excluding carboxylic acids is 2. The minimum Gasteiger partial charge on any atom is -0.354 e. The molecule has 1 heterocycles. The normalized spacial score (nSPS) is 23.8.